The van der Waals surface area contributed by atoms with Gasteiger partial charge in [0.15, 0.2) is 0 Å². The predicted octanol–water partition coefficient (Wildman–Crippen LogP) is 4.66. The minimum atomic E-state index is -0.178. The van der Waals surface area contributed by atoms with Crippen LogP contribution in [0.4, 0.5) is 0 Å². The number of nitrogens with zero attached hydrogens (tertiary/aromatic N) is 4. The molecule has 0 unspecified atom stereocenters. The van der Waals surface area contributed by atoms with Crippen LogP contribution in [-0.4, -0.2) is 45.5 Å². The zero-order chi connectivity index (χ0) is 21.1. The number of rotatable bonds is 5. The number of carbonyl (C=O) groups is 1. The monoisotopic (exact) mass is 444 g/mol. The van der Waals surface area contributed by atoms with Crippen LogP contribution in [0.1, 0.15) is 40.6 Å². The van der Waals surface area contributed by atoms with Gasteiger partial charge in [-0.25, -0.2) is 9.97 Å². The molecule has 0 bridgehead atoms. The first-order chi connectivity index (χ1) is 14.5. The second kappa shape index (κ2) is 9.06. The van der Waals surface area contributed by atoms with Crippen molar-refractivity contribution in [1.29, 1.82) is 0 Å². The molecule has 6 nitrogen and oxygen atoms in total. The van der Waals surface area contributed by atoms with Gasteiger partial charge in [0.05, 0.1) is 12.1 Å². The number of hydrogen-bond donors (Lipinski definition) is 0. The maximum absolute atomic E-state index is 12.8. The van der Waals surface area contributed by atoms with Crippen molar-refractivity contribution in [3.63, 3.8) is 0 Å². The van der Waals surface area contributed by atoms with E-state index in [4.69, 9.17) is 27.9 Å². The van der Waals surface area contributed by atoms with E-state index in [9.17, 15) is 4.79 Å². The second-order valence-corrected chi connectivity index (χ2v) is 8.09. The molecule has 8 heteroatoms. The van der Waals surface area contributed by atoms with Crippen LogP contribution >= 0.6 is 23.2 Å². The van der Waals surface area contributed by atoms with Crippen molar-refractivity contribution in [3.05, 3.63) is 76.0 Å². The Labute approximate surface area is 185 Å². The van der Waals surface area contributed by atoms with E-state index in [1.807, 2.05) is 24.5 Å². The fraction of sp³-hybridized carbons (Fsp3) is 0.318. The molecule has 0 N–H and O–H groups in total. The number of pyridine rings is 1. The highest BCUT2D eigenvalue weighted by Gasteiger charge is 2.28. The average Bonchev–Trinajstić information content (AvgIpc) is 3.23. The molecule has 156 valence electrons. The van der Waals surface area contributed by atoms with E-state index in [0.717, 1.165) is 31.0 Å². The van der Waals surface area contributed by atoms with Gasteiger partial charge in [-0.1, -0.05) is 35.3 Å². The summed E-state index contributed by atoms with van der Waals surface area (Å²) in [4.78, 5) is 23.3. The van der Waals surface area contributed by atoms with Gasteiger partial charge >= 0.3 is 0 Å². The number of amides is 1. The van der Waals surface area contributed by atoms with Crippen molar-refractivity contribution in [3.8, 4) is 5.75 Å². The number of aromatic nitrogens is 3. The molecule has 1 fully saturated rings. The maximum atomic E-state index is 12.8. The minimum absolute atomic E-state index is 0.178. The largest absolute Gasteiger partial charge is 0.497 e. The van der Waals surface area contributed by atoms with Crippen LogP contribution in [0.25, 0.3) is 0 Å². The van der Waals surface area contributed by atoms with Crippen LogP contribution < -0.4 is 4.74 Å². The summed E-state index contributed by atoms with van der Waals surface area (Å²) >= 11 is 12.1. The topological polar surface area (TPSA) is 60.2 Å². The van der Waals surface area contributed by atoms with E-state index in [1.54, 1.807) is 24.1 Å². The Morgan fingerprint density at radius 1 is 1.13 bits per heavy atom. The molecule has 1 aliphatic rings. The molecule has 0 saturated carbocycles. The van der Waals surface area contributed by atoms with Gasteiger partial charge in [-0.3, -0.25) is 4.79 Å². The van der Waals surface area contributed by atoms with Crippen LogP contribution in [0.5, 0.6) is 5.75 Å². The molecule has 0 radical (unpaired) electrons. The fourth-order valence-corrected chi connectivity index (χ4v) is 4.13. The van der Waals surface area contributed by atoms with Crippen molar-refractivity contribution in [2.75, 3.05) is 20.2 Å². The first-order valence-electron chi connectivity index (χ1n) is 9.80. The number of methoxy groups -OCH3 is 1. The molecule has 3 aromatic rings. The number of likely N-dealkylation sites (tertiary alicyclic amines) is 1. The average molecular weight is 445 g/mol. The molecule has 3 heterocycles. The summed E-state index contributed by atoms with van der Waals surface area (Å²) in [5, 5.41) is 0.583. The molecule has 0 aliphatic carbocycles. The third kappa shape index (κ3) is 4.45. The molecule has 4 rings (SSSR count). The van der Waals surface area contributed by atoms with E-state index in [0.29, 0.717) is 24.0 Å². The van der Waals surface area contributed by atoms with Crippen LogP contribution in [0.3, 0.4) is 0 Å². The molecule has 2 aromatic heterocycles. The summed E-state index contributed by atoms with van der Waals surface area (Å²) in [6, 6.07) is 11.2. The molecular formula is C22H22Cl2N4O2. The predicted molar refractivity (Wildman–Crippen MR) is 116 cm³/mol. The molecule has 1 aliphatic heterocycles. The third-order valence-corrected chi connectivity index (χ3v) is 5.94. The zero-order valence-corrected chi connectivity index (χ0v) is 18.1. The number of halogens is 2. The van der Waals surface area contributed by atoms with Gasteiger partial charge in [0, 0.05) is 37.9 Å². The Bertz CT molecular complexity index is 1030. The number of piperidine rings is 1. The Balaban J connectivity index is 1.41. The van der Waals surface area contributed by atoms with Gasteiger partial charge < -0.3 is 14.2 Å². The van der Waals surface area contributed by atoms with Crippen LogP contribution in [0.15, 0.2) is 48.8 Å². The lowest BCUT2D eigenvalue weighted by molar-refractivity contribution is 0.0704. The zero-order valence-electron chi connectivity index (χ0n) is 16.6. The SMILES string of the molecule is COc1ccc(Cn2ccnc2C2CCN(C(=O)c3nc(Cl)ccc3Cl)CC2)cc1. The smallest absolute Gasteiger partial charge is 0.274 e. The first kappa shape index (κ1) is 20.7. The number of ether oxygens (including phenoxy) is 1. The number of benzene rings is 1. The van der Waals surface area contributed by atoms with Crippen LogP contribution in [0.2, 0.25) is 10.2 Å². The van der Waals surface area contributed by atoms with Gasteiger partial charge in [-0.05, 0) is 42.7 Å². The first-order valence-corrected chi connectivity index (χ1v) is 10.6. The van der Waals surface area contributed by atoms with Crippen molar-refractivity contribution in [2.45, 2.75) is 25.3 Å². The number of carbonyl (C=O) groups excluding carboxylic acids is 1. The molecule has 0 spiro atoms. The molecular weight excluding hydrogens is 423 g/mol. The van der Waals surface area contributed by atoms with Gasteiger partial charge in [-0.2, -0.15) is 0 Å². The van der Waals surface area contributed by atoms with Gasteiger partial charge in [0.25, 0.3) is 5.91 Å². The van der Waals surface area contributed by atoms with Gasteiger partial charge in [0.1, 0.15) is 22.4 Å². The van der Waals surface area contributed by atoms with Crippen LogP contribution in [0, 0.1) is 0 Å². The highest BCUT2D eigenvalue weighted by atomic mass is 35.5. The van der Waals surface area contributed by atoms with E-state index in [2.05, 4.69) is 26.7 Å². The lowest BCUT2D eigenvalue weighted by Crippen LogP contribution is -2.39. The van der Waals surface area contributed by atoms with Crippen molar-refractivity contribution in [1.82, 2.24) is 19.4 Å². The number of hydrogen-bond acceptors (Lipinski definition) is 4. The minimum Gasteiger partial charge on any atom is -0.497 e. The summed E-state index contributed by atoms with van der Waals surface area (Å²) in [6.45, 7) is 2.01. The molecule has 1 saturated heterocycles. The maximum Gasteiger partial charge on any atom is 0.274 e. The Morgan fingerprint density at radius 2 is 1.87 bits per heavy atom. The van der Waals surface area contributed by atoms with Crippen LogP contribution in [-0.2, 0) is 6.54 Å². The number of imidazole rings is 1. The molecule has 1 aromatic carbocycles. The lowest BCUT2D eigenvalue weighted by atomic mass is 9.95. The van der Waals surface area contributed by atoms with Crippen molar-refractivity contribution < 1.29 is 9.53 Å². The molecule has 0 atom stereocenters. The van der Waals surface area contributed by atoms with Crippen molar-refractivity contribution >= 4 is 29.1 Å². The summed E-state index contributed by atoms with van der Waals surface area (Å²) < 4.78 is 7.41. The Hall–Kier alpha value is -2.57. The highest BCUT2D eigenvalue weighted by Crippen LogP contribution is 2.29. The Kier molecular flexibility index (Phi) is 6.25. The van der Waals surface area contributed by atoms with E-state index < -0.39 is 0 Å². The second-order valence-electron chi connectivity index (χ2n) is 7.29. The fourth-order valence-electron chi connectivity index (χ4n) is 3.80. The van der Waals surface area contributed by atoms with Crippen molar-refractivity contribution in [2.24, 2.45) is 0 Å². The van der Waals surface area contributed by atoms with Gasteiger partial charge in [0.2, 0.25) is 0 Å². The molecule has 30 heavy (non-hydrogen) atoms. The summed E-state index contributed by atoms with van der Waals surface area (Å²) in [7, 11) is 1.66. The highest BCUT2D eigenvalue weighted by molar-refractivity contribution is 6.34. The van der Waals surface area contributed by atoms with Gasteiger partial charge in [-0.15, -0.1) is 0 Å². The lowest BCUT2D eigenvalue weighted by Gasteiger charge is -2.32. The third-order valence-electron chi connectivity index (χ3n) is 5.42. The summed E-state index contributed by atoms with van der Waals surface area (Å²) in [6.07, 6.45) is 5.52. The normalized spacial score (nSPS) is 14.7. The Morgan fingerprint density at radius 3 is 2.57 bits per heavy atom. The summed E-state index contributed by atoms with van der Waals surface area (Å²) in [5.41, 5.74) is 1.40. The molecule has 1 amide bonds. The van der Waals surface area contributed by atoms with E-state index >= 15 is 0 Å². The quantitative estimate of drug-likeness (QED) is 0.536. The van der Waals surface area contributed by atoms with E-state index in [-0.39, 0.29) is 16.8 Å². The standard InChI is InChI=1S/C22H22Cl2N4O2/c1-30-17-4-2-15(3-5-17)14-28-13-10-25-21(28)16-8-11-27(12-9-16)22(29)20-18(23)6-7-19(24)26-20/h2-7,10,13,16H,8-9,11-12,14H2,1H3. The summed E-state index contributed by atoms with van der Waals surface area (Å²) in [5.74, 6) is 2.01. The van der Waals surface area contributed by atoms with E-state index in [1.165, 1.54) is 5.56 Å².